The molecule has 0 unspecified atom stereocenters. The Morgan fingerprint density at radius 2 is 1.71 bits per heavy atom. The summed E-state index contributed by atoms with van der Waals surface area (Å²) in [6, 6.07) is 0. The van der Waals surface area contributed by atoms with Crippen molar-refractivity contribution >= 4 is 20.7 Å². The normalized spacial score (nSPS) is 12.4. The van der Waals surface area contributed by atoms with Crippen molar-refractivity contribution in [3.05, 3.63) is 0 Å². The van der Waals surface area contributed by atoms with Crippen LogP contribution < -0.4 is 5.32 Å². The third kappa shape index (κ3) is 6.01. The lowest BCUT2D eigenvalue weighted by Crippen LogP contribution is -2.41. The Kier molecular flexibility index (Phi) is 8.21. The first-order valence-electron chi connectivity index (χ1n) is 5.10. The van der Waals surface area contributed by atoms with Crippen LogP contribution in [0.1, 0.15) is 27.2 Å². The lowest BCUT2D eigenvalue weighted by Gasteiger charge is -2.36. The molecule has 0 fully saturated rings. The molecule has 0 saturated heterocycles. The molecule has 0 radical (unpaired) electrons. The van der Waals surface area contributed by atoms with E-state index in [-0.39, 0.29) is 12.4 Å². The number of hydrogen-bond donors (Lipinski definition) is 1. The van der Waals surface area contributed by atoms with Crippen molar-refractivity contribution in [3.63, 3.8) is 0 Å². The molecule has 0 aromatic carbocycles. The van der Waals surface area contributed by atoms with Gasteiger partial charge < -0.3 is 9.74 Å². The van der Waals surface area contributed by atoms with E-state index in [0.29, 0.717) is 5.04 Å². The molecule has 0 saturated carbocycles. The van der Waals surface area contributed by atoms with Crippen LogP contribution in [0.15, 0.2) is 0 Å². The molecule has 0 amide bonds. The van der Waals surface area contributed by atoms with Gasteiger partial charge >= 0.3 is 0 Å². The highest BCUT2D eigenvalue weighted by molar-refractivity contribution is 6.74. The molecule has 0 aliphatic heterocycles. The molecule has 0 aliphatic carbocycles. The molecule has 0 rings (SSSR count). The van der Waals surface area contributed by atoms with Crippen LogP contribution in [0.3, 0.4) is 0 Å². The molecular weight excluding hydrogens is 214 g/mol. The molecule has 0 heterocycles. The van der Waals surface area contributed by atoms with Crippen LogP contribution in [0, 0.1) is 0 Å². The minimum atomic E-state index is -1.48. The van der Waals surface area contributed by atoms with Gasteiger partial charge in [0.15, 0.2) is 8.32 Å². The average Bonchev–Trinajstić information content (AvgIpc) is 1.96. The molecular formula is C10H26ClNOSi. The Labute approximate surface area is 96.3 Å². The third-order valence-corrected chi connectivity index (χ3v) is 7.38. The smallest absolute Gasteiger partial charge is 0.191 e. The number of nitrogens with one attached hydrogen (secondary N) is 1. The molecule has 0 atom stereocenters. The van der Waals surface area contributed by atoms with Gasteiger partial charge in [-0.25, -0.2) is 0 Å². The van der Waals surface area contributed by atoms with E-state index in [1.165, 1.54) is 0 Å². The van der Waals surface area contributed by atoms with Crippen molar-refractivity contribution in [2.24, 2.45) is 0 Å². The van der Waals surface area contributed by atoms with Gasteiger partial charge in [-0.1, -0.05) is 20.8 Å². The molecule has 1 N–H and O–H groups in total. The second kappa shape index (κ2) is 6.83. The predicted molar refractivity (Wildman–Crippen MR) is 68.9 cm³/mol. The highest BCUT2D eigenvalue weighted by atomic mass is 35.5. The van der Waals surface area contributed by atoms with Gasteiger partial charge in [0.25, 0.3) is 0 Å². The van der Waals surface area contributed by atoms with E-state index >= 15 is 0 Å². The summed E-state index contributed by atoms with van der Waals surface area (Å²) in [7, 11) is 0.496. The quantitative estimate of drug-likeness (QED) is 0.588. The first-order valence-corrected chi connectivity index (χ1v) is 8.00. The van der Waals surface area contributed by atoms with Crippen molar-refractivity contribution in [2.45, 2.75) is 45.3 Å². The Morgan fingerprint density at radius 3 is 2.07 bits per heavy atom. The van der Waals surface area contributed by atoms with Gasteiger partial charge in [-0.2, -0.15) is 0 Å². The summed E-state index contributed by atoms with van der Waals surface area (Å²) in [5.41, 5.74) is 0. The molecule has 2 nitrogen and oxygen atoms in total. The molecule has 0 bridgehead atoms. The maximum absolute atomic E-state index is 5.99. The van der Waals surface area contributed by atoms with E-state index in [2.05, 4.69) is 39.2 Å². The summed E-state index contributed by atoms with van der Waals surface area (Å²) in [4.78, 5) is 0. The summed E-state index contributed by atoms with van der Waals surface area (Å²) < 4.78 is 5.99. The largest absolute Gasteiger partial charge is 0.417 e. The highest BCUT2D eigenvalue weighted by Gasteiger charge is 2.36. The minimum Gasteiger partial charge on any atom is -0.417 e. The van der Waals surface area contributed by atoms with Crippen LogP contribution in [0.2, 0.25) is 18.1 Å². The zero-order chi connectivity index (χ0) is 10.5. The fourth-order valence-corrected chi connectivity index (χ4v) is 1.88. The van der Waals surface area contributed by atoms with Gasteiger partial charge in [0.1, 0.15) is 0 Å². The van der Waals surface area contributed by atoms with Crippen molar-refractivity contribution in [1.82, 2.24) is 5.32 Å². The fraction of sp³-hybridized carbons (Fsp3) is 1.00. The van der Waals surface area contributed by atoms with Gasteiger partial charge in [-0.3, -0.25) is 0 Å². The summed E-state index contributed by atoms with van der Waals surface area (Å²) in [5.74, 6) is 0. The Bertz CT molecular complexity index is 146. The third-order valence-electron chi connectivity index (χ3n) is 2.84. The average molecular weight is 240 g/mol. The zero-order valence-electron chi connectivity index (χ0n) is 10.4. The van der Waals surface area contributed by atoms with Crippen LogP contribution in [-0.2, 0) is 4.43 Å². The first-order chi connectivity index (χ1) is 5.81. The molecule has 0 aliphatic rings. The number of rotatable bonds is 5. The van der Waals surface area contributed by atoms with Crippen molar-refractivity contribution < 1.29 is 4.43 Å². The summed E-state index contributed by atoms with van der Waals surface area (Å²) >= 11 is 0. The number of hydrogen-bond acceptors (Lipinski definition) is 2. The highest BCUT2D eigenvalue weighted by Crippen LogP contribution is 2.36. The molecule has 14 heavy (non-hydrogen) atoms. The molecule has 0 aromatic rings. The molecule has 0 aromatic heterocycles. The van der Waals surface area contributed by atoms with Crippen molar-refractivity contribution in [2.75, 3.05) is 20.2 Å². The van der Waals surface area contributed by atoms with E-state index in [0.717, 1.165) is 19.6 Å². The number of halogens is 1. The van der Waals surface area contributed by atoms with E-state index in [9.17, 15) is 0 Å². The Morgan fingerprint density at radius 1 is 1.21 bits per heavy atom. The SMILES string of the molecule is CNCCCO[Si](C)(C)C(C)(C)C.Cl. The predicted octanol–water partition coefficient (Wildman–Crippen LogP) is 3.04. The first kappa shape index (κ1) is 16.8. The Hall–Kier alpha value is 0.427. The lowest BCUT2D eigenvalue weighted by molar-refractivity contribution is 0.282. The summed E-state index contributed by atoms with van der Waals surface area (Å²) in [5, 5.41) is 3.47. The van der Waals surface area contributed by atoms with E-state index in [1.54, 1.807) is 0 Å². The van der Waals surface area contributed by atoms with Gasteiger partial charge in [0, 0.05) is 6.61 Å². The maximum Gasteiger partial charge on any atom is 0.191 e. The van der Waals surface area contributed by atoms with Crippen LogP contribution >= 0.6 is 12.4 Å². The molecule has 0 spiro atoms. The van der Waals surface area contributed by atoms with Crippen molar-refractivity contribution in [3.8, 4) is 0 Å². The van der Waals surface area contributed by atoms with Gasteiger partial charge in [0.05, 0.1) is 0 Å². The van der Waals surface area contributed by atoms with Crippen LogP contribution in [0.25, 0.3) is 0 Å². The maximum atomic E-state index is 5.99. The molecule has 88 valence electrons. The fourth-order valence-electron chi connectivity index (χ4n) is 0.793. The van der Waals surface area contributed by atoms with E-state index < -0.39 is 8.32 Å². The van der Waals surface area contributed by atoms with Gasteiger partial charge in [-0.05, 0) is 38.1 Å². The molecule has 4 heteroatoms. The second-order valence-electron chi connectivity index (χ2n) is 5.07. The van der Waals surface area contributed by atoms with Crippen LogP contribution in [0.5, 0.6) is 0 Å². The topological polar surface area (TPSA) is 21.3 Å². The van der Waals surface area contributed by atoms with Gasteiger partial charge in [-0.15, -0.1) is 12.4 Å². The lowest BCUT2D eigenvalue weighted by atomic mass is 10.2. The monoisotopic (exact) mass is 239 g/mol. The van der Waals surface area contributed by atoms with E-state index in [4.69, 9.17) is 4.43 Å². The van der Waals surface area contributed by atoms with Crippen LogP contribution in [0.4, 0.5) is 0 Å². The minimum absolute atomic E-state index is 0. The summed E-state index contributed by atoms with van der Waals surface area (Å²) in [6.45, 7) is 13.4. The zero-order valence-corrected chi connectivity index (χ0v) is 12.3. The van der Waals surface area contributed by atoms with Gasteiger partial charge in [0.2, 0.25) is 0 Å². The standard InChI is InChI=1S/C10H25NOSi.ClH/c1-10(2,3)13(5,6)12-9-7-8-11-4;/h11H,7-9H2,1-6H3;1H. The Balaban J connectivity index is 0. The van der Waals surface area contributed by atoms with E-state index in [1.807, 2.05) is 7.05 Å². The van der Waals surface area contributed by atoms with Crippen molar-refractivity contribution in [1.29, 1.82) is 0 Å². The second-order valence-corrected chi connectivity index (χ2v) is 9.88. The summed E-state index contributed by atoms with van der Waals surface area (Å²) in [6.07, 6.45) is 1.11. The van der Waals surface area contributed by atoms with Crippen LogP contribution in [-0.4, -0.2) is 28.5 Å².